The second kappa shape index (κ2) is 16.9. The molecule has 2 aliphatic rings. The molecule has 0 spiro atoms. The van der Waals surface area contributed by atoms with Gasteiger partial charge in [-0.05, 0) is 74.5 Å². The van der Waals surface area contributed by atoms with Gasteiger partial charge in [0.25, 0.3) is 0 Å². The molecule has 2 heterocycles. The maximum absolute atomic E-state index is 14.7. The van der Waals surface area contributed by atoms with E-state index in [4.69, 9.17) is 9.47 Å². The molecule has 46 heavy (non-hydrogen) atoms. The Morgan fingerprint density at radius 1 is 0.913 bits per heavy atom. The number of hydrogen-bond donors (Lipinski definition) is 1. The molecule has 0 radical (unpaired) electrons. The molecule has 0 aliphatic carbocycles. The third-order valence-corrected chi connectivity index (χ3v) is 9.73. The van der Waals surface area contributed by atoms with E-state index in [9.17, 15) is 14.0 Å². The van der Waals surface area contributed by atoms with Gasteiger partial charge < -0.3 is 24.6 Å². The largest absolute Gasteiger partial charge is 0.493 e. The summed E-state index contributed by atoms with van der Waals surface area (Å²) < 4.78 is 27.0. The molecular weight excluding hydrogens is 651 g/mol. The number of nitrogens with one attached hydrogen (secondary N) is 1. The zero-order chi connectivity index (χ0) is 32.3. The van der Waals surface area contributed by atoms with Crippen LogP contribution in [-0.2, 0) is 29.1 Å². The van der Waals surface area contributed by atoms with Crippen molar-refractivity contribution in [3.63, 3.8) is 0 Å². The number of benzene rings is 3. The second-order valence-electron chi connectivity index (χ2n) is 12.0. The fourth-order valence-electron chi connectivity index (χ4n) is 6.29. The zero-order valence-electron chi connectivity index (χ0n) is 26.5. The number of alkyl carbamates (subject to hydrolysis) is 1. The van der Waals surface area contributed by atoms with Crippen molar-refractivity contribution in [2.45, 2.75) is 45.4 Å². The smallest absolute Gasteiger partial charge is 0.408 e. The number of hydrogen-bond acceptors (Lipinski definition) is 6. The van der Waals surface area contributed by atoms with E-state index in [2.05, 4.69) is 49.2 Å². The van der Waals surface area contributed by atoms with Gasteiger partial charge in [0.05, 0.1) is 6.61 Å². The van der Waals surface area contributed by atoms with Crippen molar-refractivity contribution < 1.29 is 23.5 Å². The Balaban J connectivity index is 1.19. The van der Waals surface area contributed by atoms with Crippen molar-refractivity contribution in [1.82, 2.24) is 20.0 Å². The molecular formula is C36H44BrFN4O4. The number of carbonyl (C=O) groups is 2. The quantitative estimate of drug-likeness (QED) is 0.255. The van der Waals surface area contributed by atoms with Gasteiger partial charge in [-0.1, -0.05) is 70.5 Å². The van der Waals surface area contributed by atoms with Crippen LogP contribution in [0.15, 0.2) is 77.3 Å². The minimum absolute atomic E-state index is 0.00156. The van der Waals surface area contributed by atoms with Crippen LogP contribution in [0.25, 0.3) is 0 Å². The van der Waals surface area contributed by atoms with Gasteiger partial charge in [0, 0.05) is 49.3 Å². The van der Waals surface area contributed by atoms with Crippen LogP contribution in [0.4, 0.5) is 9.18 Å². The summed E-state index contributed by atoms with van der Waals surface area (Å²) >= 11 is 3.65. The van der Waals surface area contributed by atoms with Crippen LogP contribution < -0.4 is 10.1 Å². The minimum Gasteiger partial charge on any atom is -0.493 e. The van der Waals surface area contributed by atoms with Gasteiger partial charge in [0.2, 0.25) is 5.91 Å². The van der Waals surface area contributed by atoms with Crippen LogP contribution in [0.5, 0.6) is 5.75 Å². The molecule has 1 N–H and O–H groups in total. The number of ether oxygens (including phenoxy) is 2. The lowest BCUT2D eigenvalue weighted by atomic mass is 9.88. The highest BCUT2D eigenvalue weighted by Crippen LogP contribution is 2.26. The molecule has 10 heteroatoms. The lowest BCUT2D eigenvalue weighted by molar-refractivity contribution is -0.137. The molecule has 2 aliphatic heterocycles. The molecule has 2 saturated heterocycles. The Morgan fingerprint density at radius 2 is 1.63 bits per heavy atom. The summed E-state index contributed by atoms with van der Waals surface area (Å²) in [5.74, 6) is 0.193. The van der Waals surface area contributed by atoms with Gasteiger partial charge in [-0.2, -0.15) is 0 Å². The van der Waals surface area contributed by atoms with Gasteiger partial charge in [0.15, 0.2) is 0 Å². The van der Waals surface area contributed by atoms with E-state index < -0.39 is 12.1 Å². The topological polar surface area (TPSA) is 74.3 Å². The Hall–Kier alpha value is -3.47. The maximum Gasteiger partial charge on any atom is 0.408 e. The average molecular weight is 696 g/mol. The lowest BCUT2D eigenvalue weighted by Crippen LogP contribution is -2.58. The zero-order valence-corrected chi connectivity index (χ0v) is 28.1. The third kappa shape index (κ3) is 9.30. The van der Waals surface area contributed by atoms with Crippen molar-refractivity contribution >= 4 is 27.9 Å². The first-order valence-corrected chi connectivity index (χ1v) is 17.0. The Kier molecular flexibility index (Phi) is 12.4. The van der Waals surface area contributed by atoms with Gasteiger partial charge in [-0.15, -0.1) is 0 Å². The first kappa shape index (κ1) is 33.9. The van der Waals surface area contributed by atoms with Crippen molar-refractivity contribution in [3.05, 3.63) is 99.8 Å². The van der Waals surface area contributed by atoms with E-state index in [1.165, 1.54) is 11.6 Å². The van der Waals surface area contributed by atoms with Crippen LogP contribution in [0.3, 0.4) is 0 Å². The minimum atomic E-state index is -0.670. The number of nitrogens with zero attached hydrogens (tertiary/aromatic N) is 3. The van der Waals surface area contributed by atoms with Crippen molar-refractivity contribution in [1.29, 1.82) is 0 Å². The normalized spacial score (nSPS) is 17.0. The highest BCUT2D eigenvalue weighted by atomic mass is 79.9. The molecule has 0 unspecified atom stereocenters. The number of rotatable bonds is 12. The number of piperidine rings is 1. The predicted molar refractivity (Wildman–Crippen MR) is 180 cm³/mol. The SMILES string of the molecule is CCOc1cccc(F)c1CN1CCN(C(=O)[C@H](NC(=O)OCc2ccccc2)C2CCN(CCc3ccccc3Br)CC2)CC1. The monoisotopic (exact) mass is 694 g/mol. The van der Waals surface area contributed by atoms with E-state index in [0.29, 0.717) is 50.6 Å². The summed E-state index contributed by atoms with van der Waals surface area (Å²) in [6, 6.07) is 22.0. The van der Waals surface area contributed by atoms with Crippen molar-refractivity contribution in [2.24, 2.45) is 5.92 Å². The standard InChI is InChI=1S/C36H44BrFN4O4/c1-2-45-33-14-8-13-32(38)30(33)25-41-21-23-42(24-22-41)35(43)34(39-36(44)46-26-27-9-4-3-5-10-27)29-16-19-40(20-17-29)18-15-28-11-6-7-12-31(28)37/h3-14,29,34H,2,15-26H2,1H3,(H,39,44)/t34-/m1/s1. The van der Waals surface area contributed by atoms with E-state index in [1.807, 2.05) is 48.2 Å². The fourth-order valence-corrected chi connectivity index (χ4v) is 6.78. The molecule has 0 saturated carbocycles. The summed E-state index contributed by atoms with van der Waals surface area (Å²) in [4.78, 5) is 33.5. The third-order valence-electron chi connectivity index (χ3n) is 8.95. The van der Waals surface area contributed by atoms with Gasteiger partial charge in [0.1, 0.15) is 24.2 Å². The molecule has 0 aromatic heterocycles. The van der Waals surface area contributed by atoms with E-state index in [-0.39, 0.29) is 24.2 Å². The average Bonchev–Trinajstić information content (AvgIpc) is 3.08. The van der Waals surface area contributed by atoms with Crippen LogP contribution in [-0.4, -0.2) is 85.2 Å². The molecule has 2 amide bonds. The highest BCUT2D eigenvalue weighted by Gasteiger charge is 2.36. The Bertz CT molecular complexity index is 1430. The fraction of sp³-hybridized carbons (Fsp3) is 0.444. The summed E-state index contributed by atoms with van der Waals surface area (Å²) in [5.41, 5.74) is 2.71. The molecule has 5 rings (SSSR count). The molecule has 8 nitrogen and oxygen atoms in total. The van der Waals surface area contributed by atoms with Crippen LogP contribution in [0, 0.1) is 11.7 Å². The van der Waals surface area contributed by atoms with E-state index in [1.54, 1.807) is 12.1 Å². The first-order chi connectivity index (χ1) is 22.4. The van der Waals surface area contributed by atoms with Crippen LogP contribution >= 0.6 is 15.9 Å². The number of piperazine rings is 1. The molecule has 3 aromatic rings. The van der Waals surface area contributed by atoms with Gasteiger partial charge in [-0.25, -0.2) is 9.18 Å². The number of carbonyl (C=O) groups excluding carboxylic acids is 2. The molecule has 2 fully saturated rings. The van der Waals surface area contributed by atoms with Gasteiger partial charge >= 0.3 is 6.09 Å². The number of amides is 2. The number of halogens is 2. The van der Waals surface area contributed by atoms with E-state index >= 15 is 0 Å². The van der Waals surface area contributed by atoms with Crippen LogP contribution in [0.1, 0.15) is 36.5 Å². The molecule has 0 bridgehead atoms. The summed E-state index contributed by atoms with van der Waals surface area (Å²) in [7, 11) is 0. The molecule has 246 valence electrons. The van der Waals surface area contributed by atoms with Crippen LogP contribution in [0.2, 0.25) is 0 Å². The van der Waals surface area contributed by atoms with E-state index in [0.717, 1.165) is 48.9 Å². The Morgan fingerprint density at radius 3 is 2.35 bits per heavy atom. The summed E-state index contributed by atoms with van der Waals surface area (Å²) in [6.45, 7) is 7.76. The molecule has 3 aromatic carbocycles. The van der Waals surface area contributed by atoms with Gasteiger partial charge in [-0.3, -0.25) is 9.69 Å². The summed E-state index contributed by atoms with van der Waals surface area (Å²) in [5, 5.41) is 2.96. The molecule has 1 atom stereocenters. The van der Waals surface area contributed by atoms with Crippen molar-refractivity contribution in [2.75, 3.05) is 52.4 Å². The maximum atomic E-state index is 14.7. The number of likely N-dealkylation sites (tertiary alicyclic amines) is 1. The highest BCUT2D eigenvalue weighted by molar-refractivity contribution is 9.10. The predicted octanol–water partition coefficient (Wildman–Crippen LogP) is 5.88. The summed E-state index contributed by atoms with van der Waals surface area (Å²) in [6.07, 6.45) is 1.97. The Labute approximate surface area is 280 Å². The van der Waals surface area contributed by atoms with Crippen molar-refractivity contribution in [3.8, 4) is 5.75 Å². The first-order valence-electron chi connectivity index (χ1n) is 16.3. The second-order valence-corrected chi connectivity index (χ2v) is 12.8. The lowest BCUT2D eigenvalue weighted by Gasteiger charge is -2.40.